The molecule has 3 N–H and O–H groups in total. The molecule has 26 heavy (non-hydrogen) atoms. The molecule has 0 fully saturated rings. The van der Waals surface area contributed by atoms with E-state index >= 15 is 0 Å². The van der Waals surface area contributed by atoms with E-state index in [2.05, 4.69) is 16.0 Å². The van der Waals surface area contributed by atoms with Gasteiger partial charge in [0.25, 0.3) is 0 Å². The summed E-state index contributed by atoms with van der Waals surface area (Å²) in [7, 11) is 0. The van der Waals surface area contributed by atoms with Crippen molar-refractivity contribution in [2.24, 2.45) is 0 Å². The maximum atomic E-state index is 12.0. The summed E-state index contributed by atoms with van der Waals surface area (Å²) < 4.78 is 10.5. The van der Waals surface area contributed by atoms with Crippen molar-refractivity contribution in [3.05, 3.63) is 48.0 Å². The van der Waals surface area contributed by atoms with Gasteiger partial charge in [0, 0.05) is 24.8 Å². The number of ether oxygens (including phenoxy) is 2. The summed E-state index contributed by atoms with van der Waals surface area (Å²) in [4.78, 5) is 35.0. The number of hydrogen-bond donors (Lipinski definition) is 3. The molecule has 2 aromatic carbocycles. The zero-order chi connectivity index (χ0) is 18.5. The molecule has 1 aliphatic heterocycles. The minimum absolute atomic E-state index is 0.172. The number of hydrogen-bond acceptors (Lipinski definition) is 5. The summed E-state index contributed by atoms with van der Waals surface area (Å²) in [6, 6.07) is 11.8. The van der Waals surface area contributed by atoms with Gasteiger partial charge in [0.05, 0.1) is 0 Å². The Bertz CT molecular complexity index is 866. The van der Waals surface area contributed by atoms with E-state index in [9.17, 15) is 14.4 Å². The molecule has 0 bridgehead atoms. The number of benzene rings is 2. The Morgan fingerprint density at radius 1 is 0.923 bits per heavy atom. The van der Waals surface area contributed by atoms with E-state index in [1.54, 1.807) is 42.5 Å². The van der Waals surface area contributed by atoms with Crippen LogP contribution in [0.15, 0.2) is 42.5 Å². The van der Waals surface area contributed by atoms with E-state index in [0.29, 0.717) is 22.9 Å². The lowest BCUT2D eigenvalue weighted by molar-refractivity contribution is -0.136. The first kappa shape index (κ1) is 17.3. The highest BCUT2D eigenvalue weighted by Crippen LogP contribution is 2.32. The van der Waals surface area contributed by atoms with Gasteiger partial charge in [-0.1, -0.05) is 12.1 Å². The Labute approximate surface area is 149 Å². The van der Waals surface area contributed by atoms with Crippen LogP contribution in [0.2, 0.25) is 0 Å². The molecule has 1 aliphatic rings. The van der Waals surface area contributed by atoms with Crippen molar-refractivity contribution in [2.75, 3.05) is 17.4 Å². The number of amides is 3. The quantitative estimate of drug-likeness (QED) is 0.723. The van der Waals surface area contributed by atoms with E-state index in [1.807, 2.05) is 0 Å². The highest BCUT2D eigenvalue weighted by molar-refractivity contribution is 6.39. The van der Waals surface area contributed by atoms with Gasteiger partial charge in [-0.05, 0) is 35.9 Å². The molecule has 3 amide bonds. The Kier molecular flexibility index (Phi) is 5.02. The molecule has 0 aliphatic carbocycles. The van der Waals surface area contributed by atoms with Gasteiger partial charge in [-0.25, -0.2) is 0 Å². The molecule has 0 aromatic heterocycles. The smallest absolute Gasteiger partial charge is 0.313 e. The van der Waals surface area contributed by atoms with Crippen molar-refractivity contribution in [1.29, 1.82) is 0 Å². The Morgan fingerprint density at radius 3 is 2.42 bits per heavy atom. The fourth-order valence-electron chi connectivity index (χ4n) is 2.38. The molecule has 0 spiro atoms. The molecular weight excluding hydrogens is 338 g/mol. The van der Waals surface area contributed by atoms with Gasteiger partial charge in [0.1, 0.15) is 0 Å². The Balaban J connectivity index is 1.55. The zero-order valence-electron chi connectivity index (χ0n) is 14.0. The van der Waals surface area contributed by atoms with Crippen molar-refractivity contribution < 1.29 is 23.9 Å². The molecule has 0 atom stereocenters. The number of carbonyl (C=O) groups excluding carboxylic acids is 3. The molecule has 134 valence electrons. The van der Waals surface area contributed by atoms with Crippen LogP contribution in [-0.4, -0.2) is 24.5 Å². The van der Waals surface area contributed by atoms with Crippen molar-refractivity contribution in [2.45, 2.75) is 13.5 Å². The molecule has 0 unspecified atom stereocenters. The summed E-state index contributed by atoms with van der Waals surface area (Å²) in [6.45, 7) is 1.73. The van der Waals surface area contributed by atoms with Crippen molar-refractivity contribution in [3.8, 4) is 11.5 Å². The van der Waals surface area contributed by atoms with Crippen LogP contribution in [0.3, 0.4) is 0 Å². The van der Waals surface area contributed by atoms with Crippen LogP contribution in [0, 0.1) is 0 Å². The number of carbonyl (C=O) groups is 3. The lowest BCUT2D eigenvalue weighted by Gasteiger charge is -2.09. The van der Waals surface area contributed by atoms with Gasteiger partial charge in [-0.2, -0.15) is 0 Å². The maximum Gasteiger partial charge on any atom is 0.313 e. The normalized spacial score (nSPS) is 11.6. The van der Waals surface area contributed by atoms with Gasteiger partial charge in [0.2, 0.25) is 12.7 Å². The molecule has 0 saturated carbocycles. The van der Waals surface area contributed by atoms with Crippen LogP contribution in [0.5, 0.6) is 11.5 Å². The molecule has 1 heterocycles. The maximum absolute atomic E-state index is 12.0. The van der Waals surface area contributed by atoms with Crippen LogP contribution in [0.1, 0.15) is 12.5 Å². The zero-order valence-corrected chi connectivity index (χ0v) is 14.0. The van der Waals surface area contributed by atoms with Gasteiger partial charge >= 0.3 is 11.8 Å². The number of fused-ring (bicyclic) bond motifs is 1. The molecule has 3 rings (SSSR count). The third-order valence-corrected chi connectivity index (χ3v) is 3.54. The van der Waals surface area contributed by atoms with E-state index in [4.69, 9.17) is 9.47 Å². The van der Waals surface area contributed by atoms with Crippen molar-refractivity contribution in [1.82, 2.24) is 5.32 Å². The van der Waals surface area contributed by atoms with Gasteiger partial charge < -0.3 is 25.4 Å². The fourth-order valence-corrected chi connectivity index (χ4v) is 2.38. The lowest BCUT2D eigenvalue weighted by atomic mass is 10.2. The number of rotatable bonds is 4. The molecule has 8 nitrogen and oxygen atoms in total. The third kappa shape index (κ3) is 4.29. The van der Waals surface area contributed by atoms with Gasteiger partial charge in [-0.15, -0.1) is 0 Å². The molecule has 2 aromatic rings. The highest BCUT2D eigenvalue weighted by atomic mass is 16.7. The fraction of sp³-hybridized carbons (Fsp3) is 0.167. The first-order chi connectivity index (χ1) is 12.5. The Hall–Kier alpha value is -3.55. The summed E-state index contributed by atoms with van der Waals surface area (Å²) in [6.07, 6.45) is 0. The first-order valence-corrected chi connectivity index (χ1v) is 7.86. The summed E-state index contributed by atoms with van der Waals surface area (Å²) in [5, 5.41) is 7.63. The Morgan fingerprint density at radius 2 is 1.65 bits per heavy atom. The van der Waals surface area contributed by atoms with Crippen molar-refractivity contribution >= 4 is 29.1 Å². The second kappa shape index (κ2) is 7.56. The lowest BCUT2D eigenvalue weighted by Crippen LogP contribution is -2.34. The monoisotopic (exact) mass is 355 g/mol. The SMILES string of the molecule is CC(=O)Nc1cccc(NC(=O)C(=O)NCc2ccc3c(c2)OCO3)c1. The number of nitrogens with one attached hydrogen (secondary N) is 3. The third-order valence-electron chi connectivity index (χ3n) is 3.54. The van der Waals surface area contributed by atoms with Crippen LogP contribution in [-0.2, 0) is 20.9 Å². The van der Waals surface area contributed by atoms with E-state index in [-0.39, 0.29) is 19.2 Å². The summed E-state index contributed by atoms with van der Waals surface area (Å²) >= 11 is 0. The largest absolute Gasteiger partial charge is 0.454 e. The van der Waals surface area contributed by atoms with Crippen LogP contribution in [0.25, 0.3) is 0 Å². The minimum atomic E-state index is -0.800. The topological polar surface area (TPSA) is 106 Å². The average Bonchev–Trinajstić information content (AvgIpc) is 3.07. The van der Waals surface area contributed by atoms with Crippen LogP contribution >= 0.6 is 0 Å². The second-order valence-electron chi connectivity index (χ2n) is 5.59. The van der Waals surface area contributed by atoms with Crippen LogP contribution in [0.4, 0.5) is 11.4 Å². The summed E-state index contributed by atoms with van der Waals surface area (Å²) in [5.74, 6) is -0.541. The molecule has 0 saturated heterocycles. The van der Waals surface area contributed by atoms with Gasteiger partial charge in [-0.3, -0.25) is 14.4 Å². The standard InChI is InChI=1S/C18H17N3O5/c1-11(22)20-13-3-2-4-14(8-13)21-18(24)17(23)19-9-12-5-6-15-16(7-12)26-10-25-15/h2-8H,9-10H2,1H3,(H,19,23)(H,20,22)(H,21,24). The van der Waals surface area contributed by atoms with E-state index < -0.39 is 11.8 Å². The second-order valence-corrected chi connectivity index (χ2v) is 5.59. The predicted molar refractivity (Wildman–Crippen MR) is 93.8 cm³/mol. The average molecular weight is 355 g/mol. The van der Waals surface area contributed by atoms with Crippen LogP contribution < -0.4 is 25.4 Å². The molecular formula is C18H17N3O5. The van der Waals surface area contributed by atoms with Gasteiger partial charge in [0.15, 0.2) is 11.5 Å². The first-order valence-electron chi connectivity index (χ1n) is 7.86. The molecule has 8 heteroatoms. The van der Waals surface area contributed by atoms with Crippen molar-refractivity contribution in [3.63, 3.8) is 0 Å². The predicted octanol–water partition coefficient (Wildman–Crippen LogP) is 1.63. The number of anilines is 2. The van der Waals surface area contributed by atoms with E-state index in [0.717, 1.165) is 5.56 Å². The molecule has 0 radical (unpaired) electrons. The summed E-state index contributed by atoms with van der Waals surface area (Å²) in [5.41, 5.74) is 1.71. The van der Waals surface area contributed by atoms with E-state index in [1.165, 1.54) is 6.92 Å². The highest BCUT2D eigenvalue weighted by Gasteiger charge is 2.16. The minimum Gasteiger partial charge on any atom is -0.454 e.